The van der Waals surface area contributed by atoms with Crippen LogP contribution in [0.4, 0.5) is 5.69 Å². The molecule has 0 saturated heterocycles. The number of carbonyl (C=O) groups excluding carboxylic acids is 1. The molecular weight excluding hydrogens is 260 g/mol. The second-order valence-corrected chi connectivity index (χ2v) is 4.65. The van der Waals surface area contributed by atoms with E-state index >= 15 is 0 Å². The lowest BCUT2D eigenvalue weighted by molar-refractivity contribution is -0.136. The molecule has 108 valence electrons. The summed E-state index contributed by atoms with van der Waals surface area (Å²) in [4.78, 5) is 24.5. The number of fused-ring (bicyclic) bond motifs is 1. The lowest BCUT2D eigenvalue weighted by Crippen LogP contribution is -2.46. The fraction of sp³-hybridized carbons (Fsp3) is 0.429. The van der Waals surface area contributed by atoms with E-state index in [0.717, 1.165) is 5.56 Å². The highest BCUT2D eigenvalue weighted by molar-refractivity contribution is 6.00. The Labute approximate surface area is 117 Å². The second-order valence-electron chi connectivity index (χ2n) is 4.65. The summed E-state index contributed by atoms with van der Waals surface area (Å²) in [5.74, 6) is -0.539. The van der Waals surface area contributed by atoms with E-state index in [9.17, 15) is 9.59 Å². The van der Waals surface area contributed by atoms with Crippen molar-refractivity contribution in [3.63, 3.8) is 0 Å². The first-order valence-electron chi connectivity index (χ1n) is 6.59. The molecule has 0 aliphatic carbocycles. The third-order valence-electron chi connectivity index (χ3n) is 3.28. The van der Waals surface area contributed by atoms with Gasteiger partial charge in [-0.25, -0.2) is 0 Å². The molecule has 1 aromatic carbocycles. The van der Waals surface area contributed by atoms with Crippen LogP contribution in [0.1, 0.15) is 25.3 Å². The van der Waals surface area contributed by atoms with Gasteiger partial charge in [0.2, 0.25) is 0 Å². The molecule has 1 unspecified atom stereocenters. The van der Waals surface area contributed by atoms with Crippen LogP contribution >= 0.6 is 0 Å². The van der Waals surface area contributed by atoms with Gasteiger partial charge in [-0.1, -0.05) is 13.0 Å². The van der Waals surface area contributed by atoms with Crippen molar-refractivity contribution in [3.8, 4) is 5.75 Å². The summed E-state index contributed by atoms with van der Waals surface area (Å²) < 4.78 is 5.65. The Kier molecular flexibility index (Phi) is 4.24. The van der Waals surface area contributed by atoms with Crippen molar-refractivity contribution in [3.05, 3.63) is 23.8 Å². The summed E-state index contributed by atoms with van der Waals surface area (Å²) in [7, 11) is 0. The first-order chi connectivity index (χ1) is 9.56. The Balaban J connectivity index is 2.36. The van der Waals surface area contributed by atoms with E-state index in [1.165, 1.54) is 4.90 Å². The van der Waals surface area contributed by atoms with Crippen molar-refractivity contribution in [2.45, 2.75) is 32.4 Å². The molecule has 0 radical (unpaired) electrons. The number of anilines is 1. The van der Waals surface area contributed by atoms with Gasteiger partial charge in [0.05, 0.1) is 12.1 Å². The van der Waals surface area contributed by atoms with Gasteiger partial charge in [-0.2, -0.15) is 0 Å². The second kappa shape index (κ2) is 5.92. The average molecular weight is 278 g/mol. The summed E-state index contributed by atoms with van der Waals surface area (Å²) in [6.45, 7) is 2.34. The Hall–Kier alpha value is -2.08. The van der Waals surface area contributed by atoms with Gasteiger partial charge in [0.25, 0.3) is 5.91 Å². The topological polar surface area (TPSA) is 92.9 Å². The zero-order chi connectivity index (χ0) is 14.7. The molecule has 1 aromatic rings. The van der Waals surface area contributed by atoms with Crippen molar-refractivity contribution in [2.24, 2.45) is 5.73 Å². The molecule has 6 nitrogen and oxygen atoms in total. The normalized spacial score (nSPS) is 17.6. The zero-order valence-electron chi connectivity index (χ0n) is 11.3. The molecule has 1 atom stereocenters. The Morgan fingerprint density at radius 2 is 2.25 bits per heavy atom. The number of carboxylic acid groups (broad SMARTS) is 1. The van der Waals surface area contributed by atoms with Gasteiger partial charge in [0.1, 0.15) is 5.75 Å². The molecule has 0 fully saturated rings. The SMILES string of the molecule is CCC1Oc2ccc(CN)cc2N(CCC(=O)O)C1=O. The van der Waals surface area contributed by atoms with E-state index < -0.39 is 12.1 Å². The monoisotopic (exact) mass is 278 g/mol. The van der Waals surface area contributed by atoms with E-state index in [4.69, 9.17) is 15.6 Å². The number of rotatable bonds is 5. The van der Waals surface area contributed by atoms with Crippen LogP contribution in [0.15, 0.2) is 18.2 Å². The van der Waals surface area contributed by atoms with Crippen LogP contribution < -0.4 is 15.4 Å². The molecule has 1 aliphatic rings. The Morgan fingerprint density at radius 3 is 2.85 bits per heavy atom. The maximum absolute atomic E-state index is 12.3. The first-order valence-corrected chi connectivity index (χ1v) is 6.59. The largest absolute Gasteiger partial charge is 0.481 e. The van der Waals surface area contributed by atoms with Crippen LogP contribution in [0.25, 0.3) is 0 Å². The first kappa shape index (κ1) is 14.3. The van der Waals surface area contributed by atoms with Crippen LogP contribution in [0.5, 0.6) is 5.75 Å². The van der Waals surface area contributed by atoms with E-state index in [-0.39, 0.29) is 18.9 Å². The number of benzene rings is 1. The quantitative estimate of drug-likeness (QED) is 0.842. The molecule has 0 aromatic heterocycles. The number of hydrogen-bond acceptors (Lipinski definition) is 4. The smallest absolute Gasteiger partial charge is 0.305 e. The van der Waals surface area contributed by atoms with Crippen LogP contribution in [0.3, 0.4) is 0 Å². The minimum absolute atomic E-state index is 0.103. The van der Waals surface area contributed by atoms with Gasteiger partial charge in [0, 0.05) is 13.1 Å². The predicted molar refractivity (Wildman–Crippen MR) is 73.6 cm³/mol. The number of carboxylic acids is 1. The molecule has 6 heteroatoms. The van der Waals surface area contributed by atoms with Crippen LogP contribution in [-0.2, 0) is 16.1 Å². The Morgan fingerprint density at radius 1 is 1.50 bits per heavy atom. The molecular formula is C14H18N2O4. The van der Waals surface area contributed by atoms with Crippen molar-refractivity contribution in [2.75, 3.05) is 11.4 Å². The van der Waals surface area contributed by atoms with E-state index in [2.05, 4.69) is 0 Å². The summed E-state index contributed by atoms with van der Waals surface area (Å²) >= 11 is 0. The number of hydrogen-bond donors (Lipinski definition) is 2. The minimum atomic E-state index is -0.936. The lowest BCUT2D eigenvalue weighted by atomic mass is 10.1. The van der Waals surface area contributed by atoms with Crippen molar-refractivity contribution in [1.29, 1.82) is 0 Å². The van der Waals surface area contributed by atoms with Crippen molar-refractivity contribution < 1.29 is 19.4 Å². The molecule has 2 rings (SSSR count). The standard InChI is InChI=1S/C14H18N2O4/c1-2-11-14(19)16(6-5-13(17)18)10-7-9(8-15)3-4-12(10)20-11/h3-4,7,11H,2,5-6,8,15H2,1H3,(H,17,18). The van der Waals surface area contributed by atoms with Crippen LogP contribution in [-0.4, -0.2) is 29.6 Å². The molecule has 20 heavy (non-hydrogen) atoms. The van der Waals surface area contributed by atoms with Gasteiger partial charge in [-0.15, -0.1) is 0 Å². The van der Waals surface area contributed by atoms with Gasteiger partial charge in [0.15, 0.2) is 6.10 Å². The summed E-state index contributed by atoms with van der Waals surface area (Å²) in [5.41, 5.74) is 7.07. The van der Waals surface area contributed by atoms with Crippen molar-refractivity contribution >= 4 is 17.6 Å². The number of amides is 1. The highest BCUT2D eigenvalue weighted by atomic mass is 16.5. The number of aliphatic carboxylic acids is 1. The fourth-order valence-corrected chi connectivity index (χ4v) is 2.19. The number of nitrogens with two attached hydrogens (primary N) is 1. The highest BCUT2D eigenvalue weighted by Crippen LogP contribution is 2.35. The highest BCUT2D eigenvalue weighted by Gasteiger charge is 2.33. The molecule has 0 bridgehead atoms. The number of nitrogens with zero attached hydrogens (tertiary/aromatic N) is 1. The summed E-state index contributed by atoms with van der Waals surface area (Å²) in [5, 5.41) is 8.81. The van der Waals surface area contributed by atoms with Crippen molar-refractivity contribution in [1.82, 2.24) is 0 Å². The van der Waals surface area contributed by atoms with Crippen LogP contribution in [0.2, 0.25) is 0 Å². The number of carbonyl (C=O) groups is 2. The Bertz CT molecular complexity index is 530. The molecule has 1 amide bonds. The maximum atomic E-state index is 12.3. The van der Waals surface area contributed by atoms with Gasteiger partial charge in [-0.3, -0.25) is 9.59 Å². The summed E-state index contributed by atoms with van der Waals surface area (Å²) in [6.07, 6.45) is -0.116. The molecule has 3 N–H and O–H groups in total. The van der Waals surface area contributed by atoms with Crippen LogP contribution in [0, 0.1) is 0 Å². The van der Waals surface area contributed by atoms with E-state index in [1.807, 2.05) is 13.0 Å². The van der Waals surface area contributed by atoms with Gasteiger partial charge in [-0.05, 0) is 24.1 Å². The minimum Gasteiger partial charge on any atom is -0.481 e. The molecule has 1 heterocycles. The number of ether oxygens (including phenoxy) is 1. The third kappa shape index (κ3) is 2.75. The van der Waals surface area contributed by atoms with Gasteiger partial charge >= 0.3 is 5.97 Å². The fourth-order valence-electron chi connectivity index (χ4n) is 2.19. The van der Waals surface area contributed by atoms with E-state index in [1.54, 1.807) is 12.1 Å². The van der Waals surface area contributed by atoms with Gasteiger partial charge < -0.3 is 20.5 Å². The summed E-state index contributed by atoms with van der Waals surface area (Å²) in [6, 6.07) is 5.40. The predicted octanol–water partition coefficient (Wildman–Crippen LogP) is 1.12. The van der Waals surface area contributed by atoms with E-state index in [0.29, 0.717) is 24.4 Å². The average Bonchev–Trinajstić information content (AvgIpc) is 2.44. The molecule has 0 saturated carbocycles. The zero-order valence-corrected chi connectivity index (χ0v) is 11.3. The third-order valence-corrected chi connectivity index (χ3v) is 3.28. The molecule has 1 aliphatic heterocycles. The maximum Gasteiger partial charge on any atom is 0.305 e. The lowest BCUT2D eigenvalue weighted by Gasteiger charge is -2.34. The molecule has 0 spiro atoms.